The van der Waals surface area contributed by atoms with E-state index in [0.717, 1.165) is 43.0 Å². The molecule has 1 aliphatic rings. The molecular weight excluding hydrogens is 374 g/mol. The molecule has 1 saturated heterocycles. The Labute approximate surface area is 167 Å². The van der Waals surface area contributed by atoms with Crippen LogP contribution in [0.3, 0.4) is 0 Å². The molecule has 9 heteroatoms. The first kappa shape index (κ1) is 18.7. The second-order valence-corrected chi connectivity index (χ2v) is 8.11. The molecule has 0 radical (unpaired) electrons. The third-order valence-electron chi connectivity index (χ3n) is 4.96. The molecule has 3 aromatic rings. The average Bonchev–Trinajstić information content (AvgIpc) is 3.40. The van der Waals surface area contributed by atoms with E-state index >= 15 is 0 Å². The predicted molar refractivity (Wildman–Crippen MR) is 106 cm³/mol. The Morgan fingerprint density at radius 2 is 2.00 bits per heavy atom. The number of nitrogens with one attached hydrogen (secondary N) is 1. The molecule has 1 amide bonds. The van der Waals surface area contributed by atoms with Gasteiger partial charge in [-0.1, -0.05) is 41.2 Å². The van der Waals surface area contributed by atoms with Crippen molar-refractivity contribution in [3.05, 3.63) is 58.1 Å². The minimum Gasteiger partial charge on any atom is -0.346 e. The Balaban J connectivity index is 1.26. The molecule has 146 valence electrons. The number of aryl methyl sites for hydroxylation is 1. The van der Waals surface area contributed by atoms with Gasteiger partial charge < -0.3 is 5.32 Å². The van der Waals surface area contributed by atoms with Crippen LogP contribution in [0.1, 0.15) is 44.8 Å². The fourth-order valence-corrected chi connectivity index (χ4v) is 4.11. The number of likely N-dealkylation sites (tertiary alicyclic amines) is 1. The summed E-state index contributed by atoms with van der Waals surface area (Å²) >= 11 is 1.37. The second-order valence-electron chi connectivity index (χ2n) is 7.05. The van der Waals surface area contributed by atoms with E-state index in [1.54, 1.807) is 12.7 Å². The van der Waals surface area contributed by atoms with Gasteiger partial charge in [-0.05, 0) is 25.3 Å². The second kappa shape index (κ2) is 8.57. The Morgan fingerprint density at radius 3 is 2.71 bits per heavy atom. The van der Waals surface area contributed by atoms with E-state index in [1.807, 2.05) is 35.9 Å². The van der Waals surface area contributed by atoms with Crippen LogP contribution < -0.4 is 5.32 Å². The van der Waals surface area contributed by atoms with Gasteiger partial charge in [-0.25, -0.2) is 9.67 Å². The largest absolute Gasteiger partial charge is 0.346 e. The van der Waals surface area contributed by atoms with E-state index in [9.17, 15) is 4.79 Å². The first-order chi connectivity index (χ1) is 13.7. The number of carbonyl (C=O) groups excluding carboxylic acids is 1. The standard InChI is InChI=1S/C19H23N7OS/c1-14-2-4-15(5-3-14)10-21-18(27)19-24-23-17(28-19)11-25-8-6-16(7-9-25)26-13-20-12-22-26/h2-5,12-13,16H,6-11H2,1H3,(H,21,27). The van der Waals surface area contributed by atoms with Gasteiger partial charge in [0, 0.05) is 19.6 Å². The lowest BCUT2D eigenvalue weighted by Crippen LogP contribution is -2.34. The van der Waals surface area contributed by atoms with Crippen LogP contribution >= 0.6 is 11.3 Å². The first-order valence-electron chi connectivity index (χ1n) is 9.40. The molecule has 1 N–H and O–H groups in total. The Kier molecular flexibility index (Phi) is 5.73. The molecule has 8 nitrogen and oxygen atoms in total. The van der Waals surface area contributed by atoms with E-state index in [4.69, 9.17) is 0 Å². The molecule has 2 aromatic heterocycles. The van der Waals surface area contributed by atoms with Crippen LogP contribution in [0.5, 0.6) is 0 Å². The van der Waals surface area contributed by atoms with Gasteiger partial charge in [0.05, 0.1) is 12.6 Å². The van der Waals surface area contributed by atoms with Crippen LogP contribution in [0, 0.1) is 6.92 Å². The molecule has 1 aromatic carbocycles. The van der Waals surface area contributed by atoms with Gasteiger partial charge in [0.1, 0.15) is 17.7 Å². The lowest BCUT2D eigenvalue weighted by molar-refractivity contribution is 0.0950. The molecule has 0 aliphatic carbocycles. The van der Waals surface area contributed by atoms with Crippen LogP contribution in [0.15, 0.2) is 36.9 Å². The maximum Gasteiger partial charge on any atom is 0.282 e. The summed E-state index contributed by atoms with van der Waals surface area (Å²) in [4.78, 5) is 18.7. The van der Waals surface area contributed by atoms with E-state index in [1.165, 1.54) is 16.9 Å². The molecule has 0 unspecified atom stereocenters. The highest BCUT2D eigenvalue weighted by Gasteiger charge is 2.22. The summed E-state index contributed by atoms with van der Waals surface area (Å²) in [5, 5.41) is 16.7. The number of benzene rings is 1. The minimum atomic E-state index is -0.172. The smallest absolute Gasteiger partial charge is 0.282 e. The quantitative estimate of drug-likeness (QED) is 0.686. The highest BCUT2D eigenvalue weighted by Crippen LogP contribution is 2.23. The molecule has 28 heavy (non-hydrogen) atoms. The normalized spacial score (nSPS) is 15.6. The van der Waals surface area contributed by atoms with Gasteiger partial charge >= 0.3 is 0 Å². The maximum absolute atomic E-state index is 12.3. The lowest BCUT2D eigenvalue weighted by Gasteiger charge is -2.30. The summed E-state index contributed by atoms with van der Waals surface area (Å²) < 4.78 is 1.94. The van der Waals surface area contributed by atoms with Crippen molar-refractivity contribution < 1.29 is 4.79 Å². The Hall–Kier alpha value is -2.65. The van der Waals surface area contributed by atoms with E-state index in [2.05, 4.69) is 30.5 Å². The molecule has 3 heterocycles. The van der Waals surface area contributed by atoms with Crippen LogP contribution in [0.4, 0.5) is 0 Å². The molecule has 1 aliphatic heterocycles. The van der Waals surface area contributed by atoms with E-state index in [0.29, 0.717) is 17.6 Å². The molecule has 0 saturated carbocycles. The van der Waals surface area contributed by atoms with E-state index < -0.39 is 0 Å². The summed E-state index contributed by atoms with van der Waals surface area (Å²) in [7, 11) is 0. The van der Waals surface area contributed by atoms with Crippen molar-refractivity contribution in [2.45, 2.75) is 38.9 Å². The molecule has 1 fully saturated rings. The SMILES string of the molecule is Cc1ccc(CNC(=O)c2nnc(CN3CCC(n4cncn4)CC3)s2)cc1. The third kappa shape index (κ3) is 4.60. The van der Waals surface area contributed by atoms with Gasteiger partial charge in [0.2, 0.25) is 5.01 Å². The third-order valence-corrected chi connectivity index (χ3v) is 5.87. The van der Waals surface area contributed by atoms with Crippen molar-refractivity contribution in [1.82, 2.24) is 35.2 Å². The maximum atomic E-state index is 12.3. The van der Waals surface area contributed by atoms with E-state index in [-0.39, 0.29) is 5.91 Å². The van der Waals surface area contributed by atoms with Crippen molar-refractivity contribution in [3.8, 4) is 0 Å². The number of carbonyl (C=O) groups is 1. The van der Waals surface area contributed by atoms with Crippen LogP contribution in [0.2, 0.25) is 0 Å². The summed E-state index contributed by atoms with van der Waals surface area (Å²) in [6.45, 7) is 5.21. The minimum absolute atomic E-state index is 0.172. The zero-order valence-corrected chi connectivity index (χ0v) is 16.6. The number of aromatic nitrogens is 5. The van der Waals surface area contributed by atoms with Crippen molar-refractivity contribution in [3.63, 3.8) is 0 Å². The number of nitrogens with zero attached hydrogens (tertiary/aromatic N) is 6. The topological polar surface area (TPSA) is 88.8 Å². The summed E-state index contributed by atoms with van der Waals surface area (Å²) in [6.07, 6.45) is 5.43. The van der Waals surface area contributed by atoms with Gasteiger partial charge in [0.25, 0.3) is 5.91 Å². The van der Waals surface area contributed by atoms with Crippen LogP contribution in [0.25, 0.3) is 0 Å². The lowest BCUT2D eigenvalue weighted by atomic mass is 10.1. The van der Waals surface area contributed by atoms with Gasteiger partial charge in [-0.3, -0.25) is 9.69 Å². The number of hydrogen-bond donors (Lipinski definition) is 1. The predicted octanol–water partition coefficient (Wildman–Crippen LogP) is 2.21. The van der Waals surface area contributed by atoms with Gasteiger partial charge in [-0.15, -0.1) is 10.2 Å². The zero-order valence-electron chi connectivity index (χ0n) is 15.8. The summed E-state index contributed by atoms with van der Waals surface area (Å²) in [5.41, 5.74) is 2.27. The fraction of sp³-hybridized carbons (Fsp3) is 0.421. The molecule has 0 bridgehead atoms. The summed E-state index contributed by atoms with van der Waals surface area (Å²) in [5.74, 6) is -0.172. The highest BCUT2D eigenvalue weighted by molar-refractivity contribution is 7.13. The fourth-order valence-electron chi connectivity index (χ4n) is 3.31. The monoisotopic (exact) mass is 397 g/mol. The number of amides is 1. The highest BCUT2D eigenvalue weighted by atomic mass is 32.1. The zero-order chi connectivity index (χ0) is 19.3. The van der Waals surface area contributed by atoms with Gasteiger partial charge in [0.15, 0.2) is 0 Å². The number of piperidine rings is 1. The van der Waals surface area contributed by atoms with Crippen LogP contribution in [-0.4, -0.2) is 48.9 Å². The summed E-state index contributed by atoms with van der Waals surface area (Å²) in [6, 6.07) is 8.53. The Morgan fingerprint density at radius 1 is 1.21 bits per heavy atom. The molecule has 0 spiro atoms. The van der Waals surface area contributed by atoms with Crippen LogP contribution in [-0.2, 0) is 13.1 Å². The molecule has 0 atom stereocenters. The van der Waals surface area contributed by atoms with Crippen molar-refractivity contribution in [2.24, 2.45) is 0 Å². The Bertz CT molecular complexity index is 899. The van der Waals surface area contributed by atoms with Gasteiger partial charge in [-0.2, -0.15) is 5.10 Å². The number of rotatable bonds is 6. The first-order valence-corrected chi connectivity index (χ1v) is 10.2. The van der Waals surface area contributed by atoms with Crippen molar-refractivity contribution >= 4 is 17.2 Å². The average molecular weight is 398 g/mol. The van der Waals surface area contributed by atoms with Crippen molar-refractivity contribution in [2.75, 3.05) is 13.1 Å². The molecule has 4 rings (SSSR count). The van der Waals surface area contributed by atoms with Crippen molar-refractivity contribution in [1.29, 1.82) is 0 Å². The number of hydrogen-bond acceptors (Lipinski definition) is 7. The molecular formula is C19H23N7OS.